The molecule has 1 aromatic carbocycles. The van der Waals surface area contributed by atoms with E-state index in [9.17, 15) is 27.5 Å². The van der Waals surface area contributed by atoms with Gasteiger partial charge >= 0.3 is 12.4 Å². The zero-order chi connectivity index (χ0) is 24.3. The number of alkyl halides is 3. The Kier molecular flexibility index (Phi) is 7.05. The van der Waals surface area contributed by atoms with Crippen molar-refractivity contribution in [3.63, 3.8) is 0 Å². The number of aliphatic hydroxyl groups excluding tert-OH is 1. The smallest absolute Gasteiger partial charge is 0.406 e. The van der Waals surface area contributed by atoms with Crippen molar-refractivity contribution in [2.45, 2.75) is 44.3 Å². The molecule has 1 saturated heterocycles. The SMILES string of the molecule is O=C(NCc1ccc(OC(F)(F)F)cc1F)N(C1CC1)C1CC(CO)CN(c2cccnn2)C1. The Balaban J connectivity index is 1.43. The molecule has 1 saturated carbocycles. The molecule has 34 heavy (non-hydrogen) atoms. The summed E-state index contributed by atoms with van der Waals surface area (Å²) in [6.07, 6.45) is -1.06. The van der Waals surface area contributed by atoms with Gasteiger partial charge in [0.05, 0.1) is 6.04 Å². The van der Waals surface area contributed by atoms with Gasteiger partial charge in [0.25, 0.3) is 0 Å². The number of aliphatic hydroxyl groups is 1. The fourth-order valence-corrected chi connectivity index (χ4v) is 4.27. The highest BCUT2D eigenvalue weighted by Gasteiger charge is 2.41. The lowest BCUT2D eigenvalue weighted by Crippen LogP contribution is -2.56. The van der Waals surface area contributed by atoms with E-state index in [4.69, 9.17) is 0 Å². The lowest BCUT2D eigenvalue weighted by Gasteiger charge is -2.42. The number of benzene rings is 1. The van der Waals surface area contributed by atoms with Gasteiger partial charge in [-0.2, -0.15) is 5.10 Å². The summed E-state index contributed by atoms with van der Waals surface area (Å²) in [7, 11) is 0. The number of rotatable bonds is 7. The van der Waals surface area contributed by atoms with Gasteiger partial charge in [0, 0.05) is 56.0 Å². The number of carbonyl (C=O) groups excluding carboxylic acids is 1. The van der Waals surface area contributed by atoms with Crippen LogP contribution in [0.25, 0.3) is 0 Å². The van der Waals surface area contributed by atoms with Gasteiger partial charge < -0.3 is 25.0 Å². The van der Waals surface area contributed by atoms with Crippen molar-refractivity contribution in [3.05, 3.63) is 47.9 Å². The molecule has 1 aliphatic heterocycles. The Labute approximate surface area is 193 Å². The summed E-state index contributed by atoms with van der Waals surface area (Å²) in [5.41, 5.74) is 0.0386. The van der Waals surface area contributed by atoms with Crippen molar-refractivity contribution >= 4 is 11.8 Å². The Morgan fingerprint density at radius 1 is 1.24 bits per heavy atom. The maximum atomic E-state index is 14.3. The van der Waals surface area contributed by atoms with E-state index in [2.05, 4.69) is 20.3 Å². The number of aromatic nitrogens is 2. The summed E-state index contributed by atoms with van der Waals surface area (Å²) in [5, 5.41) is 20.6. The summed E-state index contributed by atoms with van der Waals surface area (Å²) >= 11 is 0. The van der Waals surface area contributed by atoms with Crippen molar-refractivity contribution in [2.24, 2.45) is 5.92 Å². The van der Waals surface area contributed by atoms with E-state index in [0.717, 1.165) is 25.0 Å². The van der Waals surface area contributed by atoms with Crippen molar-refractivity contribution in [1.82, 2.24) is 20.4 Å². The molecular formula is C22H25F4N5O3. The van der Waals surface area contributed by atoms with Crippen molar-refractivity contribution < 1.29 is 32.2 Å². The van der Waals surface area contributed by atoms with Crippen LogP contribution in [0.15, 0.2) is 36.5 Å². The number of piperidine rings is 1. The number of anilines is 1. The van der Waals surface area contributed by atoms with Crippen molar-refractivity contribution in [1.29, 1.82) is 0 Å². The topological polar surface area (TPSA) is 90.8 Å². The maximum absolute atomic E-state index is 14.3. The van der Waals surface area contributed by atoms with E-state index in [1.54, 1.807) is 17.2 Å². The monoisotopic (exact) mass is 483 g/mol. The molecule has 1 aromatic heterocycles. The second kappa shape index (κ2) is 10.00. The quantitative estimate of drug-likeness (QED) is 0.589. The van der Waals surface area contributed by atoms with Crippen LogP contribution in [0.4, 0.5) is 28.2 Å². The lowest BCUT2D eigenvalue weighted by molar-refractivity contribution is -0.274. The number of hydrogen-bond donors (Lipinski definition) is 2. The average Bonchev–Trinajstić information content (AvgIpc) is 3.63. The molecule has 1 aliphatic carbocycles. The van der Waals surface area contributed by atoms with Crippen LogP contribution >= 0.6 is 0 Å². The van der Waals surface area contributed by atoms with E-state index in [-0.39, 0.29) is 42.7 Å². The first-order valence-electron chi connectivity index (χ1n) is 11.0. The lowest BCUT2D eigenvalue weighted by atomic mass is 9.93. The highest BCUT2D eigenvalue weighted by molar-refractivity contribution is 5.75. The molecule has 2 atom stereocenters. The van der Waals surface area contributed by atoms with E-state index >= 15 is 0 Å². The normalized spacial score (nSPS) is 20.7. The van der Waals surface area contributed by atoms with E-state index < -0.39 is 17.9 Å². The molecule has 2 heterocycles. The number of hydrogen-bond acceptors (Lipinski definition) is 6. The third kappa shape index (κ3) is 6.04. The Morgan fingerprint density at radius 3 is 2.65 bits per heavy atom. The van der Waals surface area contributed by atoms with Crippen molar-refractivity contribution in [3.8, 4) is 5.75 Å². The summed E-state index contributed by atoms with van der Waals surface area (Å²) in [6, 6.07) is 5.83. The first-order chi connectivity index (χ1) is 16.2. The Bertz CT molecular complexity index is 990. The zero-order valence-electron chi connectivity index (χ0n) is 18.2. The number of urea groups is 1. The zero-order valence-corrected chi connectivity index (χ0v) is 18.2. The molecular weight excluding hydrogens is 458 g/mol. The van der Waals surface area contributed by atoms with Crippen LogP contribution in [0.3, 0.4) is 0 Å². The minimum absolute atomic E-state index is 0.0368. The molecule has 0 radical (unpaired) electrons. The van der Waals surface area contributed by atoms with Gasteiger partial charge in [0.15, 0.2) is 5.82 Å². The summed E-state index contributed by atoms with van der Waals surface area (Å²) in [6.45, 7) is 0.871. The van der Waals surface area contributed by atoms with Crippen LogP contribution in [0.1, 0.15) is 24.8 Å². The van der Waals surface area contributed by atoms with Crippen LogP contribution in [0.5, 0.6) is 5.75 Å². The largest absolute Gasteiger partial charge is 0.573 e. The first-order valence-corrected chi connectivity index (χ1v) is 11.0. The fourth-order valence-electron chi connectivity index (χ4n) is 4.27. The molecule has 2 amide bonds. The molecule has 184 valence electrons. The Morgan fingerprint density at radius 2 is 2.03 bits per heavy atom. The maximum Gasteiger partial charge on any atom is 0.573 e. The molecule has 0 spiro atoms. The average molecular weight is 483 g/mol. The highest BCUT2D eigenvalue weighted by atomic mass is 19.4. The molecule has 2 aromatic rings. The third-order valence-corrected chi connectivity index (χ3v) is 5.91. The van der Waals surface area contributed by atoms with Gasteiger partial charge in [-0.05, 0) is 37.5 Å². The van der Waals surface area contributed by atoms with Gasteiger partial charge in [-0.25, -0.2) is 9.18 Å². The molecule has 2 unspecified atom stereocenters. The van der Waals surface area contributed by atoms with E-state index in [1.165, 1.54) is 0 Å². The van der Waals surface area contributed by atoms with Gasteiger partial charge in [-0.1, -0.05) is 6.07 Å². The number of carbonyl (C=O) groups is 1. The summed E-state index contributed by atoms with van der Waals surface area (Å²) < 4.78 is 55.0. The Hall–Kier alpha value is -3.15. The molecule has 4 rings (SSSR count). The summed E-state index contributed by atoms with van der Waals surface area (Å²) in [4.78, 5) is 16.8. The highest BCUT2D eigenvalue weighted by Crippen LogP contribution is 2.33. The van der Waals surface area contributed by atoms with E-state index in [0.29, 0.717) is 31.4 Å². The standard InChI is InChI=1S/C22H25F4N5O3/c23-19-9-18(34-22(24,25)26)6-3-15(19)10-27-21(33)31(16-4-5-16)17-8-14(13-32)11-30(12-17)20-2-1-7-28-29-20/h1-3,6-7,9,14,16-17,32H,4-5,8,10-13H2,(H,27,33). The molecule has 2 aliphatic rings. The van der Waals surface area contributed by atoms with Crippen LogP contribution in [-0.4, -0.2) is 64.4 Å². The second-order valence-corrected chi connectivity index (χ2v) is 8.52. The van der Waals surface area contributed by atoms with E-state index in [1.807, 2.05) is 11.0 Å². The van der Waals surface area contributed by atoms with Gasteiger partial charge in [-0.3, -0.25) is 0 Å². The number of ether oxygens (including phenoxy) is 1. The van der Waals surface area contributed by atoms with Crippen LogP contribution < -0.4 is 15.0 Å². The minimum atomic E-state index is -4.92. The van der Waals surface area contributed by atoms with Crippen LogP contribution in [0.2, 0.25) is 0 Å². The number of amides is 2. The second-order valence-electron chi connectivity index (χ2n) is 8.52. The number of nitrogens with one attached hydrogen (secondary N) is 1. The molecule has 0 bridgehead atoms. The number of nitrogens with zero attached hydrogens (tertiary/aromatic N) is 4. The number of halogens is 4. The predicted octanol–water partition coefficient (Wildman–Crippen LogP) is 3.08. The third-order valence-electron chi connectivity index (χ3n) is 5.91. The van der Waals surface area contributed by atoms with Crippen LogP contribution in [0, 0.1) is 11.7 Å². The molecule has 12 heteroatoms. The first kappa shape index (κ1) is 24.0. The van der Waals surface area contributed by atoms with Gasteiger partial charge in [0.2, 0.25) is 0 Å². The molecule has 2 fully saturated rings. The predicted molar refractivity (Wildman–Crippen MR) is 113 cm³/mol. The molecule has 8 nitrogen and oxygen atoms in total. The fraction of sp³-hybridized carbons (Fsp3) is 0.500. The van der Waals surface area contributed by atoms with Gasteiger partial charge in [0.1, 0.15) is 11.6 Å². The summed E-state index contributed by atoms with van der Waals surface area (Å²) in [5.74, 6) is -0.980. The van der Waals surface area contributed by atoms with Crippen LogP contribution in [-0.2, 0) is 6.54 Å². The minimum Gasteiger partial charge on any atom is -0.406 e. The van der Waals surface area contributed by atoms with Crippen molar-refractivity contribution in [2.75, 3.05) is 24.6 Å². The van der Waals surface area contributed by atoms with Gasteiger partial charge in [-0.15, -0.1) is 18.3 Å². The molecule has 2 N–H and O–H groups in total.